The molecule has 1 saturated carbocycles. The van der Waals surface area contributed by atoms with E-state index in [1.165, 1.54) is 30.4 Å². The SMILES string of the molecule is CCCNC1CC(c2ccc(CC(C)C)cc2)C1(C)C. The van der Waals surface area contributed by atoms with E-state index in [0.29, 0.717) is 17.4 Å². The van der Waals surface area contributed by atoms with Crippen molar-refractivity contribution in [1.82, 2.24) is 5.32 Å². The molecule has 1 aliphatic carbocycles. The fourth-order valence-corrected chi connectivity index (χ4v) is 3.51. The van der Waals surface area contributed by atoms with Gasteiger partial charge in [-0.05, 0) is 54.2 Å². The summed E-state index contributed by atoms with van der Waals surface area (Å²) in [5.74, 6) is 1.45. The molecule has 0 aliphatic heterocycles. The summed E-state index contributed by atoms with van der Waals surface area (Å²) < 4.78 is 0. The number of rotatable bonds is 6. The van der Waals surface area contributed by atoms with Gasteiger partial charge in [-0.15, -0.1) is 0 Å². The lowest BCUT2D eigenvalue weighted by Crippen LogP contribution is -2.55. The maximum Gasteiger partial charge on any atom is 0.0130 e. The molecule has 1 aromatic carbocycles. The lowest BCUT2D eigenvalue weighted by molar-refractivity contribution is 0.0695. The Balaban J connectivity index is 1.99. The first-order valence-electron chi connectivity index (χ1n) is 8.27. The van der Waals surface area contributed by atoms with Crippen LogP contribution in [0.15, 0.2) is 24.3 Å². The summed E-state index contributed by atoms with van der Waals surface area (Å²) in [6, 6.07) is 10.1. The van der Waals surface area contributed by atoms with Crippen LogP contribution < -0.4 is 5.32 Å². The van der Waals surface area contributed by atoms with Crippen molar-refractivity contribution in [1.29, 1.82) is 0 Å². The molecule has 0 saturated heterocycles. The molecule has 1 fully saturated rings. The Morgan fingerprint density at radius 3 is 2.35 bits per heavy atom. The second kappa shape index (κ2) is 6.30. The molecule has 1 aliphatic rings. The molecule has 2 atom stereocenters. The summed E-state index contributed by atoms with van der Waals surface area (Å²) in [5.41, 5.74) is 3.38. The third-order valence-corrected chi connectivity index (χ3v) is 4.93. The van der Waals surface area contributed by atoms with Gasteiger partial charge in [0, 0.05) is 6.04 Å². The van der Waals surface area contributed by atoms with E-state index in [1.807, 2.05) is 0 Å². The summed E-state index contributed by atoms with van der Waals surface area (Å²) >= 11 is 0. The Morgan fingerprint density at radius 2 is 1.85 bits per heavy atom. The Kier molecular flexibility index (Phi) is 4.90. The minimum Gasteiger partial charge on any atom is -0.313 e. The highest BCUT2D eigenvalue weighted by Gasteiger charge is 2.48. The Morgan fingerprint density at radius 1 is 1.20 bits per heavy atom. The Bertz CT molecular complexity index is 416. The van der Waals surface area contributed by atoms with E-state index in [2.05, 4.69) is 64.2 Å². The molecule has 2 unspecified atom stereocenters. The van der Waals surface area contributed by atoms with Gasteiger partial charge in [-0.2, -0.15) is 0 Å². The van der Waals surface area contributed by atoms with Crippen molar-refractivity contribution in [2.45, 2.75) is 65.8 Å². The first-order valence-corrected chi connectivity index (χ1v) is 8.27. The highest BCUT2D eigenvalue weighted by molar-refractivity contribution is 5.30. The van der Waals surface area contributed by atoms with Crippen molar-refractivity contribution >= 4 is 0 Å². The second-order valence-corrected chi connectivity index (χ2v) is 7.46. The van der Waals surface area contributed by atoms with Gasteiger partial charge in [0.05, 0.1) is 0 Å². The lowest BCUT2D eigenvalue weighted by atomic mass is 9.56. The fraction of sp³-hybridized carbons (Fsp3) is 0.684. The van der Waals surface area contributed by atoms with Crippen LogP contribution in [0.25, 0.3) is 0 Å². The van der Waals surface area contributed by atoms with Crippen molar-refractivity contribution in [2.75, 3.05) is 6.54 Å². The van der Waals surface area contributed by atoms with Gasteiger partial charge in [0.15, 0.2) is 0 Å². The molecule has 0 amide bonds. The number of hydrogen-bond donors (Lipinski definition) is 1. The van der Waals surface area contributed by atoms with Crippen molar-refractivity contribution < 1.29 is 0 Å². The topological polar surface area (TPSA) is 12.0 Å². The summed E-state index contributed by atoms with van der Waals surface area (Å²) in [6.45, 7) is 12.8. The van der Waals surface area contributed by atoms with Gasteiger partial charge >= 0.3 is 0 Å². The first-order chi connectivity index (χ1) is 9.45. The maximum absolute atomic E-state index is 3.70. The largest absolute Gasteiger partial charge is 0.313 e. The van der Waals surface area contributed by atoms with Crippen LogP contribution in [0.3, 0.4) is 0 Å². The number of nitrogens with one attached hydrogen (secondary N) is 1. The molecule has 2 rings (SSSR count). The zero-order chi connectivity index (χ0) is 14.8. The molecule has 0 bridgehead atoms. The number of benzene rings is 1. The van der Waals surface area contributed by atoms with Gasteiger partial charge < -0.3 is 5.32 Å². The van der Waals surface area contributed by atoms with Gasteiger partial charge in [-0.1, -0.05) is 58.9 Å². The molecule has 0 radical (unpaired) electrons. The summed E-state index contributed by atoms with van der Waals surface area (Å²) in [5, 5.41) is 3.70. The van der Waals surface area contributed by atoms with Crippen molar-refractivity contribution in [2.24, 2.45) is 11.3 Å². The summed E-state index contributed by atoms with van der Waals surface area (Å²) in [7, 11) is 0. The Labute approximate surface area is 125 Å². The van der Waals surface area contributed by atoms with E-state index in [9.17, 15) is 0 Å². The molecule has 1 N–H and O–H groups in total. The van der Waals surface area contributed by atoms with E-state index in [1.54, 1.807) is 0 Å². The summed E-state index contributed by atoms with van der Waals surface area (Å²) in [6.07, 6.45) is 3.70. The van der Waals surface area contributed by atoms with Crippen molar-refractivity contribution in [3.63, 3.8) is 0 Å². The van der Waals surface area contributed by atoms with E-state index in [4.69, 9.17) is 0 Å². The third-order valence-electron chi connectivity index (χ3n) is 4.93. The zero-order valence-corrected chi connectivity index (χ0v) is 13.9. The molecule has 20 heavy (non-hydrogen) atoms. The van der Waals surface area contributed by atoms with Crippen LogP contribution in [-0.2, 0) is 6.42 Å². The molecule has 112 valence electrons. The minimum atomic E-state index is 0.384. The van der Waals surface area contributed by atoms with Crippen molar-refractivity contribution in [3.05, 3.63) is 35.4 Å². The smallest absolute Gasteiger partial charge is 0.0130 e. The highest BCUT2D eigenvalue weighted by atomic mass is 15.0. The second-order valence-electron chi connectivity index (χ2n) is 7.46. The standard InChI is InChI=1S/C19H31N/c1-6-11-20-18-13-17(19(18,4)5)16-9-7-15(8-10-16)12-14(2)3/h7-10,14,17-18,20H,6,11-13H2,1-5H3. The van der Waals surface area contributed by atoms with Crippen LogP contribution >= 0.6 is 0 Å². The number of hydrogen-bond acceptors (Lipinski definition) is 1. The predicted molar refractivity (Wildman–Crippen MR) is 88.2 cm³/mol. The quantitative estimate of drug-likeness (QED) is 0.787. The Hall–Kier alpha value is -0.820. The molecule has 1 aromatic rings. The summed E-state index contributed by atoms with van der Waals surface area (Å²) in [4.78, 5) is 0. The predicted octanol–water partition coefficient (Wildman–Crippen LogP) is 4.77. The van der Waals surface area contributed by atoms with Gasteiger partial charge in [0.25, 0.3) is 0 Å². The van der Waals surface area contributed by atoms with Gasteiger partial charge in [-0.3, -0.25) is 0 Å². The van der Waals surface area contributed by atoms with Gasteiger partial charge in [0.1, 0.15) is 0 Å². The zero-order valence-electron chi connectivity index (χ0n) is 13.9. The van der Waals surface area contributed by atoms with Crippen LogP contribution in [0.5, 0.6) is 0 Å². The van der Waals surface area contributed by atoms with Crippen LogP contribution in [0.2, 0.25) is 0 Å². The third kappa shape index (κ3) is 3.25. The molecule has 0 heterocycles. The van der Waals surface area contributed by atoms with Crippen LogP contribution in [-0.4, -0.2) is 12.6 Å². The maximum atomic E-state index is 3.70. The monoisotopic (exact) mass is 273 g/mol. The van der Waals surface area contributed by atoms with E-state index >= 15 is 0 Å². The average molecular weight is 273 g/mol. The lowest BCUT2D eigenvalue weighted by Gasteiger charge is -2.53. The van der Waals surface area contributed by atoms with Gasteiger partial charge in [0.2, 0.25) is 0 Å². The molecular weight excluding hydrogens is 242 g/mol. The average Bonchev–Trinajstić information content (AvgIpc) is 2.39. The molecule has 0 aromatic heterocycles. The van der Waals surface area contributed by atoms with Crippen LogP contribution in [0, 0.1) is 11.3 Å². The first kappa shape index (κ1) is 15.6. The van der Waals surface area contributed by atoms with Crippen LogP contribution in [0.4, 0.5) is 0 Å². The molecular formula is C19H31N. The fourth-order valence-electron chi connectivity index (χ4n) is 3.51. The van der Waals surface area contributed by atoms with Gasteiger partial charge in [-0.25, -0.2) is 0 Å². The minimum absolute atomic E-state index is 0.384. The molecule has 0 spiro atoms. The van der Waals surface area contributed by atoms with E-state index in [0.717, 1.165) is 12.5 Å². The van der Waals surface area contributed by atoms with E-state index < -0.39 is 0 Å². The van der Waals surface area contributed by atoms with Crippen LogP contribution in [0.1, 0.15) is 64.5 Å². The molecule has 1 nitrogen and oxygen atoms in total. The highest BCUT2D eigenvalue weighted by Crippen LogP contribution is 2.52. The molecule has 1 heteroatoms. The normalized spacial score (nSPS) is 24.7. The van der Waals surface area contributed by atoms with Crippen molar-refractivity contribution in [3.8, 4) is 0 Å². The van der Waals surface area contributed by atoms with E-state index in [-0.39, 0.29) is 0 Å².